The van der Waals surface area contributed by atoms with Gasteiger partial charge in [0.15, 0.2) is 0 Å². The first-order chi connectivity index (χ1) is 11.7. The van der Waals surface area contributed by atoms with Crippen LogP contribution in [0.4, 0.5) is 18.9 Å². The number of rotatable bonds is 7. The van der Waals surface area contributed by atoms with Gasteiger partial charge in [-0.25, -0.2) is 0 Å². The van der Waals surface area contributed by atoms with Gasteiger partial charge in [-0.1, -0.05) is 11.6 Å². The predicted molar refractivity (Wildman–Crippen MR) is 86.3 cm³/mol. The fraction of sp³-hybridized carbons (Fsp3) is 0.500. The van der Waals surface area contributed by atoms with Crippen molar-refractivity contribution < 1.29 is 27.5 Å². The largest absolute Gasteiger partial charge is 0.417 e. The number of carbonyl (C=O) groups is 2. The highest BCUT2D eigenvalue weighted by atomic mass is 35.5. The van der Waals surface area contributed by atoms with Crippen molar-refractivity contribution >= 4 is 29.1 Å². The van der Waals surface area contributed by atoms with E-state index in [1.165, 1.54) is 6.07 Å². The van der Waals surface area contributed by atoms with E-state index in [-0.39, 0.29) is 5.69 Å². The highest BCUT2D eigenvalue weighted by molar-refractivity contribution is 6.31. The Labute approximate surface area is 147 Å². The minimum atomic E-state index is -4.63. The lowest BCUT2D eigenvalue weighted by Crippen LogP contribution is -2.40. The van der Waals surface area contributed by atoms with Crippen LogP contribution in [-0.2, 0) is 20.5 Å². The molecule has 2 rings (SSSR count). The Bertz CT molecular complexity index is 661. The zero-order chi connectivity index (χ0) is 18.7. The van der Waals surface area contributed by atoms with Gasteiger partial charge in [0.25, 0.3) is 0 Å². The standard InChI is InChI=1S/C16H18ClF3N2O3/c1-25-8-2-7-21-13(23)15(5-6-15)14(24)22-10-3-4-12(17)11(9-10)16(18,19)20/h3-4,9H,2,5-8H2,1H3,(H,21,23)(H,22,24). The molecule has 1 aromatic carbocycles. The van der Waals surface area contributed by atoms with E-state index in [0.717, 1.165) is 12.1 Å². The highest BCUT2D eigenvalue weighted by Crippen LogP contribution is 2.47. The number of ether oxygens (including phenoxy) is 1. The Balaban J connectivity index is 2.03. The van der Waals surface area contributed by atoms with Crippen LogP contribution in [0.2, 0.25) is 5.02 Å². The number of methoxy groups -OCH3 is 1. The van der Waals surface area contributed by atoms with Gasteiger partial charge in [-0.3, -0.25) is 9.59 Å². The van der Waals surface area contributed by atoms with Gasteiger partial charge in [0, 0.05) is 25.9 Å². The van der Waals surface area contributed by atoms with Crippen LogP contribution in [0.3, 0.4) is 0 Å². The van der Waals surface area contributed by atoms with Gasteiger partial charge < -0.3 is 15.4 Å². The van der Waals surface area contributed by atoms with E-state index < -0.39 is 34.0 Å². The van der Waals surface area contributed by atoms with Crippen molar-refractivity contribution in [3.05, 3.63) is 28.8 Å². The van der Waals surface area contributed by atoms with Crippen molar-refractivity contribution in [2.75, 3.05) is 25.6 Å². The third kappa shape index (κ3) is 4.64. The van der Waals surface area contributed by atoms with Crippen LogP contribution in [0.5, 0.6) is 0 Å². The van der Waals surface area contributed by atoms with Crippen molar-refractivity contribution in [1.82, 2.24) is 5.32 Å². The van der Waals surface area contributed by atoms with E-state index in [1.54, 1.807) is 7.11 Å². The van der Waals surface area contributed by atoms with Gasteiger partial charge in [-0.15, -0.1) is 0 Å². The van der Waals surface area contributed by atoms with Gasteiger partial charge in [0.1, 0.15) is 5.41 Å². The molecular weight excluding hydrogens is 361 g/mol. The molecule has 0 spiro atoms. The van der Waals surface area contributed by atoms with Crippen molar-refractivity contribution in [3.63, 3.8) is 0 Å². The molecule has 0 aromatic heterocycles. The maximum absolute atomic E-state index is 12.9. The van der Waals surface area contributed by atoms with E-state index in [9.17, 15) is 22.8 Å². The second-order valence-corrected chi connectivity index (χ2v) is 6.24. The number of alkyl halides is 3. The average molecular weight is 379 g/mol. The molecule has 0 saturated heterocycles. The molecule has 25 heavy (non-hydrogen) atoms. The quantitative estimate of drug-likeness (QED) is 0.565. The molecule has 0 radical (unpaired) electrons. The lowest BCUT2D eigenvalue weighted by molar-refractivity contribution is -0.138. The molecule has 2 N–H and O–H groups in total. The van der Waals surface area contributed by atoms with Gasteiger partial charge in [0.05, 0.1) is 10.6 Å². The van der Waals surface area contributed by atoms with Gasteiger partial charge in [-0.05, 0) is 37.5 Å². The topological polar surface area (TPSA) is 67.4 Å². The molecule has 1 aliphatic carbocycles. The number of halogens is 4. The monoisotopic (exact) mass is 378 g/mol. The van der Waals surface area contributed by atoms with E-state index in [0.29, 0.717) is 32.4 Å². The van der Waals surface area contributed by atoms with E-state index in [1.807, 2.05) is 0 Å². The molecule has 2 amide bonds. The Kier molecular flexibility index (Phi) is 5.95. The first-order valence-electron chi connectivity index (χ1n) is 7.66. The number of hydrogen-bond donors (Lipinski definition) is 2. The van der Waals surface area contributed by atoms with Gasteiger partial charge >= 0.3 is 6.18 Å². The van der Waals surface area contributed by atoms with Crippen LogP contribution in [0.15, 0.2) is 18.2 Å². The van der Waals surface area contributed by atoms with Crippen LogP contribution in [-0.4, -0.2) is 32.1 Å². The van der Waals surface area contributed by atoms with Crippen LogP contribution in [0.25, 0.3) is 0 Å². The molecule has 1 aromatic rings. The third-order valence-electron chi connectivity index (χ3n) is 3.96. The number of amides is 2. The summed E-state index contributed by atoms with van der Waals surface area (Å²) in [4.78, 5) is 24.6. The molecule has 0 unspecified atom stereocenters. The fourth-order valence-electron chi connectivity index (χ4n) is 2.34. The fourth-order valence-corrected chi connectivity index (χ4v) is 2.57. The van der Waals surface area contributed by atoms with Crippen molar-refractivity contribution in [3.8, 4) is 0 Å². The number of carbonyl (C=O) groups excluding carboxylic acids is 2. The molecule has 1 aliphatic rings. The molecule has 1 fully saturated rings. The molecule has 9 heteroatoms. The summed E-state index contributed by atoms with van der Waals surface area (Å²) in [6.45, 7) is 0.839. The lowest BCUT2D eigenvalue weighted by atomic mass is 10.0. The first-order valence-corrected chi connectivity index (χ1v) is 8.04. The number of nitrogens with one attached hydrogen (secondary N) is 2. The van der Waals surface area contributed by atoms with E-state index in [2.05, 4.69) is 10.6 Å². The Morgan fingerprint density at radius 1 is 1.28 bits per heavy atom. The summed E-state index contributed by atoms with van der Waals surface area (Å²) in [5.41, 5.74) is -2.31. The predicted octanol–water partition coefficient (Wildman–Crippen LogP) is 3.23. The zero-order valence-electron chi connectivity index (χ0n) is 13.5. The Hall–Kier alpha value is -1.80. The van der Waals surface area contributed by atoms with Crippen molar-refractivity contribution in [2.24, 2.45) is 5.41 Å². The summed E-state index contributed by atoms with van der Waals surface area (Å²) in [5.74, 6) is -1.04. The Morgan fingerprint density at radius 3 is 2.52 bits per heavy atom. The minimum absolute atomic E-state index is 0.0554. The molecule has 5 nitrogen and oxygen atoms in total. The van der Waals surface area contributed by atoms with Crippen LogP contribution >= 0.6 is 11.6 Å². The Morgan fingerprint density at radius 2 is 1.96 bits per heavy atom. The normalized spacial score (nSPS) is 15.6. The number of hydrogen-bond acceptors (Lipinski definition) is 3. The van der Waals surface area contributed by atoms with Gasteiger partial charge in [0.2, 0.25) is 11.8 Å². The van der Waals surface area contributed by atoms with Crippen LogP contribution in [0.1, 0.15) is 24.8 Å². The van der Waals surface area contributed by atoms with Crippen molar-refractivity contribution in [2.45, 2.75) is 25.4 Å². The van der Waals surface area contributed by atoms with Gasteiger partial charge in [-0.2, -0.15) is 13.2 Å². The first kappa shape index (κ1) is 19.5. The molecule has 138 valence electrons. The molecule has 1 saturated carbocycles. The molecule has 0 aliphatic heterocycles. The van der Waals surface area contributed by atoms with E-state index >= 15 is 0 Å². The smallest absolute Gasteiger partial charge is 0.385 e. The second-order valence-electron chi connectivity index (χ2n) is 5.83. The molecular formula is C16H18ClF3N2O3. The van der Waals surface area contributed by atoms with Crippen molar-refractivity contribution in [1.29, 1.82) is 0 Å². The summed E-state index contributed by atoms with van der Waals surface area (Å²) in [6.07, 6.45) is -3.32. The average Bonchev–Trinajstić information content (AvgIpc) is 3.34. The third-order valence-corrected chi connectivity index (χ3v) is 4.29. The van der Waals surface area contributed by atoms with Crippen LogP contribution < -0.4 is 10.6 Å². The maximum atomic E-state index is 12.9. The molecule has 0 bridgehead atoms. The minimum Gasteiger partial charge on any atom is -0.385 e. The number of anilines is 1. The summed E-state index contributed by atoms with van der Waals surface area (Å²) < 4.78 is 43.5. The zero-order valence-corrected chi connectivity index (χ0v) is 14.3. The summed E-state index contributed by atoms with van der Waals surface area (Å²) in [7, 11) is 1.54. The SMILES string of the molecule is COCCCNC(=O)C1(C(=O)Nc2ccc(Cl)c(C(F)(F)F)c2)CC1. The summed E-state index contributed by atoms with van der Waals surface area (Å²) >= 11 is 5.55. The molecule has 0 heterocycles. The second kappa shape index (κ2) is 7.61. The number of benzene rings is 1. The maximum Gasteiger partial charge on any atom is 0.417 e. The highest BCUT2D eigenvalue weighted by Gasteiger charge is 2.56. The summed E-state index contributed by atoms with van der Waals surface area (Å²) in [6, 6.07) is 3.08. The molecule has 0 atom stereocenters. The van der Waals surface area contributed by atoms with Crippen LogP contribution in [0, 0.1) is 5.41 Å². The lowest BCUT2D eigenvalue weighted by Gasteiger charge is -2.16. The summed E-state index contributed by atoms with van der Waals surface area (Å²) in [5, 5.41) is 4.58. The van der Waals surface area contributed by atoms with E-state index in [4.69, 9.17) is 16.3 Å².